The molecule has 26 heavy (non-hydrogen) atoms. The van der Waals surface area contributed by atoms with E-state index in [-0.39, 0.29) is 49.6 Å². The number of ether oxygens (including phenoxy) is 2. The van der Waals surface area contributed by atoms with Crippen LogP contribution in [-0.4, -0.2) is 54.4 Å². The van der Waals surface area contributed by atoms with Crippen LogP contribution in [0.15, 0.2) is 18.2 Å². The largest absolute Gasteiger partial charge is 0.490 e. The van der Waals surface area contributed by atoms with Crippen molar-refractivity contribution < 1.29 is 37.3 Å². The van der Waals surface area contributed by atoms with E-state index >= 15 is 0 Å². The molecular formula is C17H20F3NO5. The Kier molecular flexibility index (Phi) is 6.33. The molecular weight excluding hydrogens is 355 g/mol. The lowest BCUT2D eigenvalue weighted by Crippen LogP contribution is -2.44. The smallest absolute Gasteiger partial charge is 0.393 e. The molecule has 1 aromatic carbocycles. The van der Waals surface area contributed by atoms with E-state index < -0.39 is 30.6 Å². The van der Waals surface area contributed by atoms with Crippen LogP contribution in [-0.2, 0) is 4.79 Å². The van der Waals surface area contributed by atoms with E-state index in [1.807, 2.05) is 0 Å². The van der Waals surface area contributed by atoms with Crippen LogP contribution in [0.25, 0.3) is 0 Å². The van der Waals surface area contributed by atoms with Crippen LogP contribution < -0.4 is 9.47 Å². The van der Waals surface area contributed by atoms with Crippen molar-refractivity contribution in [3.8, 4) is 11.5 Å². The molecule has 1 fully saturated rings. The van der Waals surface area contributed by atoms with Crippen LogP contribution in [0.4, 0.5) is 13.2 Å². The molecule has 1 N–H and O–H groups in total. The van der Waals surface area contributed by atoms with Crippen molar-refractivity contribution in [2.45, 2.75) is 25.9 Å². The molecule has 0 aliphatic carbocycles. The van der Waals surface area contributed by atoms with Gasteiger partial charge < -0.3 is 19.5 Å². The van der Waals surface area contributed by atoms with Gasteiger partial charge in [0, 0.05) is 18.7 Å². The molecule has 1 heterocycles. The minimum atomic E-state index is -4.33. The fourth-order valence-electron chi connectivity index (χ4n) is 2.78. The van der Waals surface area contributed by atoms with Crippen LogP contribution in [0.2, 0.25) is 0 Å². The van der Waals surface area contributed by atoms with Crippen molar-refractivity contribution in [3.05, 3.63) is 23.8 Å². The number of rotatable bonds is 6. The third-order valence-electron chi connectivity index (χ3n) is 4.01. The molecule has 0 saturated carbocycles. The standard InChI is InChI=1S/C17H20F3NO5/c1-2-25-14-8-11(5-6-13(14)26-10-15(22)23)16(24)21-7-3-4-12(9-21)17(18,19)20/h5-6,8,12H,2-4,7,9-10H2,1H3,(H,22,23). The Morgan fingerprint density at radius 2 is 2.00 bits per heavy atom. The number of nitrogens with zero attached hydrogens (tertiary/aromatic N) is 1. The Hall–Kier alpha value is -2.45. The monoisotopic (exact) mass is 375 g/mol. The van der Waals surface area contributed by atoms with Crippen molar-refractivity contribution in [3.63, 3.8) is 0 Å². The van der Waals surface area contributed by atoms with Crippen LogP contribution in [0.5, 0.6) is 11.5 Å². The van der Waals surface area contributed by atoms with Gasteiger partial charge in [0.25, 0.3) is 5.91 Å². The van der Waals surface area contributed by atoms with Gasteiger partial charge >= 0.3 is 12.1 Å². The summed E-state index contributed by atoms with van der Waals surface area (Å²) in [7, 11) is 0. The van der Waals surface area contributed by atoms with E-state index in [1.165, 1.54) is 23.1 Å². The van der Waals surface area contributed by atoms with Gasteiger partial charge in [-0.15, -0.1) is 0 Å². The van der Waals surface area contributed by atoms with Gasteiger partial charge in [-0.25, -0.2) is 4.79 Å². The van der Waals surface area contributed by atoms with Crippen molar-refractivity contribution in [1.29, 1.82) is 0 Å². The number of aliphatic carboxylic acids is 1. The van der Waals surface area contributed by atoms with E-state index in [1.54, 1.807) is 6.92 Å². The first-order valence-corrected chi connectivity index (χ1v) is 8.19. The highest BCUT2D eigenvalue weighted by Gasteiger charge is 2.42. The number of piperidine rings is 1. The number of carbonyl (C=O) groups is 2. The summed E-state index contributed by atoms with van der Waals surface area (Å²) in [5.74, 6) is -2.89. The molecule has 6 nitrogen and oxygen atoms in total. The number of hydrogen-bond acceptors (Lipinski definition) is 4. The summed E-state index contributed by atoms with van der Waals surface area (Å²) in [5, 5.41) is 8.68. The maximum atomic E-state index is 12.9. The van der Waals surface area contributed by atoms with Gasteiger partial charge in [0.1, 0.15) is 0 Å². The normalized spacial score (nSPS) is 17.7. The predicted octanol–water partition coefficient (Wildman–Crippen LogP) is 2.96. The highest BCUT2D eigenvalue weighted by atomic mass is 19.4. The number of benzene rings is 1. The second kappa shape index (κ2) is 8.29. The molecule has 1 aliphatic heterocycles. The van der Waals surface area contributed by atoms with E-state index in [9.17, 15) is 22.8 Å². The van der Waals surface area contributed by atoms with Gasteiger partial charge in [0.05, 0.1) is 12.5 Å². The zero-order valence-electron chi connectivity index (χ0n) is 14.2. The fourth-order valence-corrected chi connectivity index (χ4v) is 2.78. The topological polar surface area (TPSA) is 76.1 Å². The molecule has 0 aromatic heterocycles. The summed E-state index contributed by atoms with van der Waals surface area (Å²) in [6.07, 6.45) is -4.03. The van der Waals surface area contributed by atoms with Gasteiger partial charge in [0.15, 0.2) is 18.1 Å². The number of hydrogen-bond donors (Lipinski definition) is 1. The average Bonchev–Trinajstić information content (AvgIpc) is 2.59. The molecule has 144 valence electrons. The molecule has 1 amide bonds. The first kappa shape index (κ1) is 19.9. The Labute approximate surface area is 148 Å². The molecule has 1 atom stereocenters. The van der Waals surface area contributed by atoms with Gasteiger partial charge in [-0.05, 0) is 38.0 Å². The molecule has 1 aliphatic rings. The summed E-state index contributed by atoms with van der Waals surface area (Å²) in [5.41, 5.74) is 0.166. The molecule has 1 aromatic rings. The van der Waals surface area contributed by atoms with Crippen molar-refractivity contribution >= 4 is 11.9 Å². The van der Waals surface area contributed by atoms with Gasteiger partial charge in [0.2, 0.25) is 0 Å². The van der Waals surface area contributed by atoms with Gasteiger partial charge in [-0.3, -0.25) is 4.79 Å². The quantitative estimate of drug-likeness (QED) is 0.827. The molecule has 0 radical (unpaired) electrons. The first-order chi connectivity index (χ1) is 12.2. The number of halogens is 3. The molecule has 1 unspecified atom stereocenters. The van der Waals surface area contributed by atoms with Crippen LogP contribution in [0, 0.1) is 5.92 Å². The second-order valence-electron chi connectivity index (χ2n) is 5.91. The minimum Gasteiger partial charge on any atom is -0.490 e. The van der Waals surface area contributed by atoms with E-state index in [4.69, 9.17) is 14.6 Å². The molecule has 2 rings (SSSR count). The zero-order chi connectivity index (χ0) is 19.3. The highest BCUT2D eigenvalue weighted by Crippen LogP contribution is 2.34. The molecule has 0 bridgehead atoms. The Balaban J connectivity index is 2.17. The number of likely N-dealkylation sites (tertiary alicyclic amines) is 1. The van der Waals surface area contributed by atoms with Crippen LogP contribution >= 0.6 is 0 Å². The number of amides is 1. The van der Waals surface area contributed by atoms with E-state index in [0.717, 1.165) is 0 Å². The van der Waals surface area contributed by atoms with E-state index in [0.29, 0.717) is 0 Å². The summed E-state index contributed by atoms with van der Waals surface area (Å²) in [6.45, 7) is 1.26. The van der Waals surface area contributed by atoms with Gasteiger partial charge in [-0.2, -0.15) is 13.2 Å². The first-order valence-electron chi connectivity index (χ1n) is 8.19. The Bertz CT molecular complexity index is 662. The van der Waals surface area contributed by atoms with Crippen molar-refractivity contribution in [2.24, 2.45) is 5.92 Å². The maximum Gasteiger partial charge on any atom is 0.393 e. The minimum absolute atomic E-state index is 0.0133. The summed E-state index contributed by atoms with van der Waals surface area (Å²) in [6, 6.07) is 4.13. The molecule has 9 heteroatoms. The summed E-state index contributed by atoms with van der Waals surface area (Å²) < 4.78 is 49.2. The Morgan fingerprint density at radius 1 is 1.27 bits per heavy atom. The maximum absolute atomic E-state index is 12.9. The lowest BCUT2D eigenvalue weighted by Gasteiger charge is -2.33. The third kappa shape index (κ3) is 5.03. The SMILES string of the molecule is CCOc1cc(C(=O)N2CCCC(C(F)(F)F)C2)ccc1OCC(=O)O. The highest BCUT2D eigenvalue weighted by molar-refractivity contribution is 5.95. The van der Waals surface area contributed by atoms with Crippen molar-refractivity contribution in [2.75, 3.05) is 26.3 Å². The second-order valence-corrected chi connectivity index (χ2v) is 5.91. The van der Waals surface area contributed by atoms with Gasteiger partial charge in [-0.1, -0.05) is 0 Å². The summed E-state index contributed by atoms with van der Waals surface area (Å²) >= 11 is 0. The zero-order valence-corrected chi connectivity index (χ0v) is 14.2. The lowest BCUT2D eigenvalue weighted by atomic mass is 9.97. The molecule has 0 spiro atoms. The predicted molar refractivity (Wildman–Crippen MR) is 85.4 cm³/mol. The number of alkyl halides is 3. The summed E-state index contributed by atoms with van der Waals surface area (Å²) in [4.78, 5) is 24.4. The average molecular weight is 375 g/mol. The third-order valence-corrected chi connectivity index (χ3v) is 4.01. The number of carbonyl (C=O) groups excluding carboxylic acids is 1. The number of carboxylic acid groups (broad SMARTS) is 1. The van der Waals surface area contributed by atoms with Crippen LogP contribution in [0.1, 0.15) is 30.1 Å². The molecule has 1 saturated heterocycles. The van der Waals surface area contributed by atoms with E-state index in [2.05, 4.69) is 0 Å². The lowest BCUT2D eigenvalue weighted by molar-refractivity contribution is -0.184. The number of carboxylic acids is 1. The fraction of sp³-hybridized carbons (Fsp3) is 0.529. The van der Waals surface area contributed by atoms with Crippen LogP contribution in [0.3, 0.4) is 0 Å². The Morgan fingerprint density at radius 3 is 2.62 bits per heavy atom. The van der Waals surface area contributed by atoms with Crippen molar-refractivity contribution in [1.82, 2.24) is 4.90 Å².